The molecule has 9 nitrogen and oxygen atoms in total. The molecule has 1 saturated heterocycles. The van der Waals surface area contributed by atoms with Crippen LogP contribution in [0.4, 0.5) is 5.69 Å². The molecule has 4 N–H and O–H groups in total. The van der Waals surface area contributed by atoms with Crippen molar-refractivity contribution in [2.24, 2.45) is 5.92 Å². The zero-order valence-electron chi connectivity index (χ0n) is 14.4. The Morgan fingerprint density at radius 3 is 2.56 bits per heavy atom. The first-order valence-corrected chi connectivity index (χ1v) is 8.74. The van der Waals surface area contributed by atoms with Crippen molar-refractivity contribution in [3.63, 3.8) is 0 Å². The Kier molecular flexibility index (Phi) is 3.76. The number of amides is 5. The van der Waals surface area contributed by atoms with E-state index in [0.29, 0.717) is 5.69 Å². The molecule has 3 aliphatic rings. The predicted octanol–water partition coefficient (Wildman–Crippen LogP) is -0.434. The van der Waals surface area contributed by atoms with E-state index in [2.05, 4.69) is 10.6 Å². The highest BCUT2D eigenvalue weighted by atomic mass is 16.2. The van der Waals surface area contributed by atoms with E-state index in [9.17, 15) is 24.0 Å². The van der Waals surface area contributed by atoms with E-state index in [-0.39, 0.29) is 42.3 Å². The maximum absolute atomic E-state index is 13.0. The van der Waals surface area contributed by atoms with E-state index in [4.69, 9.17) is 5.73 Å². The largest absolute Gasteiger partial charge is 0.399 e. The summed E-state index contributed by atoms with van der Waals surface area (Å²) in [4.78, 5) is 63.2. The predicted molar refractivity (Wildman–Crippen MR) is 92.2 cm³/mol. The Balaban J connectivity index is 1.71. The van der Waals surface area contributed by atoms with E-state index in [1.54, 1.807) is 0 Å². The number of hydrogen-bond acceptors (Lipinski definition) is 6. The highest BCUT2D eigenvalue weighted by Gasteiger charge is 2.56. The first-order chi connectivity index (χ1) is 12.8. The fraction of sp³-hybridized carbons (Fsp3) is 0.389. The lowest BCUT2D eigenvalue weighted by atomic mass is 9.86. The minimum atomic E-state index is -1.65. The van der Waals surface area contributed by atoms with Crippen LogP contribution < -0.4 is 16.4 Å². The molecule has 1 aromatic rings. The van der Waals surface area contributed by atoms with Crippen LogP contribution >= 0.6 is 0 Å². The molecule has 5 amide bonds. The molecule has 9 heteroatoms. The number of nitrogens with zero attached hydrogens (tertiary/aromatic N) is 1. The molecule has 0 radical (unpaired) electrons. The van der Waals surface area contributed by atoms with Crippen LogP contribution in [0, 0.1) is 5.92 Å². The number of nitrogen functional groups attached to an aromatic ring is 1. The van der Waals surface area contributed by atoms with Crippen LogP contribution in [0.2, 0.25) is 0 Å². The number of rotatable bonds is 4. The van der Waals surface area contributed by atoms with Gasteiger partial charge in [-0.05, 0) is 37.5 Å². The smallest absolute Gasteiger partial charge is 0.262 e. The van der Waals surface area contributed by atoms with Crippen LogP contribution in [0.5, 0.6) is 0 Å². The minimum absolute atomic E-state index is 0.0411. The first-order valence-electron chi connectivity index (χ1n) is 8.74. The Morgan fingerprint density at radius 2 is 1.89 bits per heavy atom. The average Bonchev–Trinajstić information content (AvgIpc) is 3.44. The molecule has 4 rings (SSSR count). The van der Waals surface area contributed by atoms with Gasteiger partial charge < -0.3 is 11.1 Å². The zero-order valence-corrected chi connectivity index (χ0v) is 14.4. The van der Waals surface area contributed by atoms with Crippen molar-refractivity contribution in [2.75, 3.05) is 12.3 Å². The van der Waals surface area contributed by atoms with E-state index in [1.807, 2.05) is 0 Å². The van der Waals surface area contributed by atoms with Gasteiger partial charge in [0.1, 0.15) is 5.54 Å². The summed E-state index contributed by atoms with van der Waals surface area (Å²) in [7, 11) is 0. The quantitative estimate of drug-likeness (QED) is 0.485. The third kappa shape index (κ3) is 2.66. The lowest BCUT2D eigenvalue weighted by Gasteiger charge is -2.41. The van der Waals surface area contributed by atoms with E-state index < -0.39 is 29.2 Å². The van der Waals surface area contributed by atoms with Crippen molar-refractivity contribution in [3.05, 3.63) is 29.3 Å². The number of benzene rings is 1. The van der Waals surface area contributed by atoms with Gasteiger partial charge in [0.15, 0.2) is 0 Å². The SMILES string of the molecule is Nc1ccc2c(c1)C(=O)N(C1(CNC(=O)C3CC3)CCC(=O)NC1=O)C2=O. The number of fused-ring (bicyclic) bond motifs is 1. The van der Waals surface area contributed by atoms with Crippen molar-refractivity contribution >= 4 is 35.2 Å². The number of carbonyl (C=O) groups is 5. The lowest BCUT2D eigenvalue weighted by molar-refractivity contribution is -0.141. The minimum Gasteiger partial charge on any atom is -0.399 e. The third-order valence-electron chi connectivity index (χ3n) is 5.28. The molecule has 1 aromatic carbocycles. The van der Waals surface area contributed by atoms with Gasteiger partial charge in [-0.1, -0.05) is 0 Å². The fourth-order valence-electron chi connectivity index (χ4n) is 3.57. The van der Waals surface area contributed by atoms with Crippen molar-refractivity contribution in [1.29, 1.82) is 0 Å². The van der Waals surface area contributed by atoms with Crippen LogP contribution in [-0.4, -0.2) is 46.5 Å². The van der Waals surface area contributed by atoms with Crippen molar-refractivity contribution < 1.29 is 24.0 Å². The normalized spacial score (nSPS) is 24.7. The fourth-order valence-corrected chi connectivity index (χ4v) is 3.57. The van der Waals surface area contributed by atoms with E-state index in [0.717, 1.165) is 17.7 Å². The van der Waals surface area contributed by atoms with Gasteiger partial charge in [-0.2, -0.15) is 0 Å². The van der Waals surface area contributed by atoms with E-state index >= 15 is 0 Å². The number of piperidine rings is 1. The second-order valence-electron chi connectivity index (χ2n) is 7.15. The standard InChI is InChI=1S/C18H18N4O5/c19-10-3-4-11-12(7-10)16(26)22(15(11)25)18(6-5-13(23)21-17(18)27)8-20-14(24)9-1-2-9/h3-4,7,9H,1-2,5-6,8,19H2,(H,20,24)(H,21,23,27). The van der Waals surface area contributed by atoms with Crippen LogP contribution in [0.1, 0.15) is 46.4 Å². The number of carbonyl (C=O) groups excluding carboxylic acids is 5. The molecule has 1 atom stereocenters. The summed E-state index contributed by atoms with van der Waals surface area (Å²) in [6.07, 6.45) is 1.45. The molecule has 2 aliphatic heterocycles. The summed E-state index contributed by atoms with van der Waals surface area (Å²) < 4.78 is 0. The Hall–Kier alpha value is -3.23. The molecular weight excluding hydrogens is 352 g/mol. The van der Waals surface area contributed by atoms with Crippen molar-refractivity contribution in [3.8, 4) is 0 Å². The van der Waals surface area contributed by atoms with Crippen LogP contribution in [0.15, 0.2) is 18.2 Å². The molecular formula is C18H18N4O5. The number of nitrogens with two attached hydrogens (primary N) is 1. The average molecular weight is 370 g/mol. The Bertz CT molecular complexity index is 907. The molecule has 0 bridgehead atoms. The molecule has 0 spiro atoms. The number of hydrogen-bond donors (Lipinski definition) is 3. The molecule has 2 fully saturated rings. The third-order valence-corrected chi connectivity index (χ3v) is 5.28. The monoisotopic (exact) mass is 370 g/mol. The van der Waals surface area contributed by atoms with Crippen LogP contribution in [-0.2, 0) is 14.4 Å². The molecule has 2 heterocycles. The maximum Gasteiger partial charge on any atom is 0.262 e. The zero-order chi connectivity index (χ0) is 19.3. The van der Waals surface area contributed by atoms with Gasteiger partial charge in [0.2, 0.25) is 11.8 Å². The summed E-state index contributed by atoms with van der Waals surface area (Å²) >= 11 is 0. The summed E-state index contributed by atoms with van der Waals surface area (Å²) in [6.45, 7) is -0.234. The second kappa shape index (κ2) is 5.90. The number of nitrogens with one attached hydrogen (secondary N) is 2. The van der Waals surface area contributed by atoms with Gasteiger partial charge in [-0.15, -0.1) is 0 Å². The van der Waals surface area contributed by atoms with Gasteiger partial charge in [0, 0.05) is 18.0 Å². The van der Waals surface area contributed by atoms with Crippen LogP contribution in [0.25, 0.3) is 0 Å². The van der Waals surface area contributed by atoms with Crippen molar-refractivity contribution in [2.45, 2.75) is 31.2 Å². The molecule has 1 saturated carbocycles. The number of anilines is 1. The van der Waals surface area contributed by atoms with Crippen LogP contribution in [0.3, 0.4) is 0 Å². The van der Waals surface area contributed by atoms with Crippen molar-refractivity contribution in [1.82, 2.24) is 15.5 Å². The maximum atomic E-state index is 13.0. The molecule has 1 unspecified atom stereocenters. The summed E-state index contributed by atoms with van der Waals surface area (Å²) in [5, 5.41) is 4.87. The molecule has 27 heavy (non-hydrogen) atoms. The van der Waals surface area contributed by atoms with Gasteiger partial charge >= 0.3 is 0 Å². The van der Waals surface area contributed by atoms with E-state index in [1.165, 1.54) is 18.2 Å². The van der Waals surface area contributed by atoms with Gasteiger partial charge in [-0.25, -0.2) is 0 Å². The highest BCUT2D eigenvalue weighted by molar-refractivity contribution is 6.24. The van der Waals surface area contributed by atoms with Gasteiger partial charge in [0.05, 0.1) is 17.7 Å². The molecule has 1 aliphatic carbocycles. The molecule has 0 aromatic heterocycles. The van der Waals surface area contributed by atoms with Gasteiger partial charge in [-0.3, -0.25) is 34.2 Å². The molecule has 140 valence electrons. The summed E-state index contributed by atoms with van der Waals surface area (Å²) in [5.74, 6) is -2.87. The van der Waals surface area contributed by atoms with Gasteiger partial charge in [0.25, 0.3) is 17.7 Å². The Morgan fingerprint density at radius 1 is 1.19 bits per heavy atom. The first kappa shape index (κ1) is 17.2. The summed E-state index contributed by atoms with van der Waals surface area (Å²) in [6, 6.07) is 4.32. The number of imide groups is 2. The highest BCUT2D eigenvalue weighted by Crippen LogP contribution is 2.35. The topological polar surface area (TPSA) is 139 Å². The Labute approximate surface area is 154 Å². The second-order valence-corrected chi connectivity index (χ2v) is 7.15. The summed E-state index contributed by atoms with van der Waals surface area (Å²) in [5.41, 5.74) is 4.63. The lowest BCUT2D eigenvalue weighted by Crippen LogP contribution is -2.68.